The first-order valence-corrected chi connectivity index (χ1v) is 5.98. The lowest BCUT2D eigenvalue weighted by atomic mass is 10.1. The second-order valence-electron chi connectivity index (χ2n) is 4.76. The Hall–Kier alpha value is -1.43. The topological polar surface area (TPSA) is 94.0 Å². The highest BCUT2D eigenvalue weighted by Crippen LogP contribution is 2.33. The van der Waals surface area contributed by atoms with Crippen LogP contribution in [-0.4, -0.2) is 32.1 Å². The van der Waals surface area contributed by atoms with Gasteiger partial charge in [0.05, 0.1) is 11.8 Å². The predicted octanol–water partition coefficient (Wildman–Crippen LogP) is 0.100. The van der Waals surface area contributed by atoms with Crippen molar-refractivity contribution >= 4 is 5.91 Å². The lowest BCUT2D eigenvalue weighted by molar-refractivity contribution is 0.0994. The molecule has 1 unspecified atom stereocenters. The third-order valence-corrected chi connectivity index (χ3v) is 3.01. The molecule has 0 aromatic carbocycles. The lowest BCUT2D eigenvalue weighted by Gasteiger charge is -2.08. The third kappa shape index (κ3) is 3.03. The summed E-state index contributed by atoms with van der Waals surface area (Å²) in [5.41, 5.74) is 6.38. The summed E-state index contributed by atoms with van der Waals surface area (Å²) in [7, 11) is 0. The second-order valence-corrected chi connectivity index (χ2v) is 4.76. The van der Waals surface area contributed by atoms with E-state index in [9.17, 15) is 9.90 Å². The number of nitrogens with two attached hydrogens (primary N) is 1. The SMILES string of the molecule is CC(O)CCn1nnc(C(N)=O)c1CC1CC1. The van der Waals surface area contributed by atoms with Gasteiger partial charge in [0.2, 0.25) is 0 Å². The zero-order valence-corrected chi connectivity index (χ0v) is 9.96. The van der Waals surface area contributed by atoms with Gasteiger partial charge in [-0.25, -0.2) is 4.68 Å². The molecule has 0 saturated heterocycles. The molecule has 3 N–H and O–H groups in total. The number of aliphatic hydroxyl groups excluding tert-OH is 1. The largest absolute Gasteiger partial charge is 0.393 e. The smallest absolute Gasteiger partial charge is 0.271 e. The van der Waals surface area contributed by atoms with Crippen LogP contribution >= 0.6 is 0 Å². The number of aliphatic hydroxyl groups is 1. The van der Waals surface area contributed by atoms with Crippen LogP contribution in [0.15, 0.2) is 0 Å². The number of carbonyl (C=O) groups is 1. The minimum absolute atomic E-state index is 0.280. The Morgan fingerprint density at radius 1 is 1.65 bits per heavy atom. The van der Waals surface area contributed by atoms with Crippen LogP contribution in [0.25, 0.3) is 0 Å². The minimum atomic E-state index is -0.524. The van der Waals surface area contributed by atoms with Crippen molar-refractivity contribution in [1.29, 1.82) is 0 Å². The lowest BCUT2D eigenvalue weighted by Crippen LogP contribution is -2.16. The molecule has 1 aromatic rings. The number of amides is 1. The zero-order chi connectivity index (χ0) is 12.4. The zero-order valence-electron chi connectivity index (χ0n) is 9.96. The average molecular weight is 238 g/mol. The molecule has 94 valence electrons. The van der Waals surface area contributed by atoms with Crippen LogP contribution in [0.5, 0.6) is 0 Å². The van der Waals surface area contributed by atoms with Gasteiger partial charge >= 0.3 is 0 Å². The second kappa shape index (κ2) is 4.83. The van der Waals surface area contributed by atoms with Gasteiger partial charge in [0.1, 0.15) is 0 Å². The molecular formula is C11H18N4O2. The van der Waals surface area contributed by atoms with Crippen LogP contribution in [0, 0.1) is 5.92 Å². The van der Waals surface area contributed by atoms with Gasteiger partial charge in [-0.2, -0.15) is 0 Å². The van der Waals surface area contributed by atoms with Crippen molar-refractivity contribution in [1.82, 2.24) is 15.0 Å². The molecule has 0 bridgehead atoms. The highest BCUT2D eigenvalue weighted by atomic mass is 16.3. The van der Waals surface area contributed by atoms with Gasteiger partial charge in [-0.1, -0.05) is 5.21 Å². The summed E-state index contributed by atoms with van der Waals surface area (Å²) >= 11 is 0. The maximum atomic E-state index is 11.2. The summed E-state index contributed by atoms with van der Waals surface area (Å²) in [5.74, 6) is 0.112. The van der Waals surface area contributed by atoms with E-state index in [1.807, 2.05) is 0 Å². The third-order valence-electron chi connectivity index (χ3n) is 3.01. The molecule has 1 aromatic heterocycles. The minimum Gasteiger partial charge on any atom is -0.393 e. The van der Waals surface area contributed by atoms with E-state index in [-0.39, 0.29) is 11.8 Å². The number of rotatable bonds is 6. The molecule has 17 heavy (non-hydrogen) atoms. The van der Waals surface area contributed by atoms with E-state index < -0.39 is 5.91 Å². The van der Waals surface area contributed by atoms with Crippen LogP contribution in [0.1, 0.15) is 42.4 Å². The molecule has 2 rings (SSSR count). The number of carbonyl (C=O) groups excluding carboxylic acids is 1. The van der Waals surface area contributed by atoms with E-state index in [1.54, 1.807) is 11.6 Å². The monoisotopic (exact) mass is 238 g/mol. The first kappa shape index (κ1) is 12.0. The van der Waals surface area contributed by atoms with E-state index in [1.165, 1.54) is 12.8 Å². The quantitative estimate of drug-likeness (QED) is 0.735. The molecule has 6 heteroatoms. The van der Waals surface area contributed by atoms with Crippen LogP contribution in [0.4, 0.5) is 0 Å². The molecular weight excluding hydrogens is 220 g/mol. The van der Waals surface area contributed by atoms with Gasteiger partial charge in [0.25, 0.3) is 5.91 Å². The summed E-state index contributed by atoms with van der Waals surface area (Å²) in [6.07, 6.45) is 3.41. The summed E-state index contributed by atoms with van der Waals surface area (Å²) in [5, 5.41) is 17.0. The Labute approximate surface area is 99.8 Å². The van der Waals surface area contributed by atoms with Crippen LogP contribution in [0.2, 0.25) is 0 Å². The molecule has 1 aliphatic rings. The molecule has 1 aliphatic carbocycles. The fourth-order valence-electron chi connectivity index (χ4n) is 1.81. The number of hydrogen-bond donors (Lipinski definition) is 2. The maximum absolute atomic E-state index is 11.2. The highest BCUT2D eigenvalue weighted by molar-refractivity contribution is 5.91. The normalized spacial score (nSPS) is 17.1. The molecule has 1 atom stereocenters. The first-order valence-electron chi connectivity index (χ1n) is 5.98. The van der Waals surface area contributed by atoms with E-state index in [2.05, 4.69) is 10.3 Å². The van der Waals surface area contributed by atoms with Gasteiger partial charge < -0.3 is 10.8 Å². The van der Waals surface area contributed by atoms with Gasteiger partial charge in [-0.15, -0.1) is 5.10 Å². The molecule has 1 saturated carbocycles. The first-order chi connectivity index (χ1) is 8.08. The molecule has 0 aliphatic heterocycles. The van der Waals surface area contributed by atoms with Gasteiger partial charge in [0.15, 0.2) is 5.69 Å². The van der Waals surface area contributed by atoms with Crippen molar-refractivity contribution < 1.29 is 9.90 Å². The standard InChI is InChI=1S/C11H18N4O2/c1-7(16)4-5-15-9(6-8-2-3-8)10(11(12)17)13-14-15/h7-8,16H,2-6H2,1H3,(H2,12,17). The number of hydrogen-bond acceptors (Lipinski definition) is 4. The van der Waals surface area contributed by atoms with Gasteiger partial charge in [0, 0.05) is 6.54 Å². The molecule has 0 spiro atoms. The fourth-order valence-corrected chi connectivity index (χ4v) is 1.81. The Kier molecular flexibility index (Phi) is 3.42. The van der Waals surface area contributed by atoms with Crippen molar-refractivity contribution in [3.63, 3.8) is 0 Å². The molecule has 1 fully saturated rings. The molecule has 6 nitrogen and oxygen atoms in total. The van der Waals surface area contributed by atoms with E-state index in [0.717, 1.165) is 12.1 Å². The van der Waals surface area contributed by atoms with Crippen LogP contribution < -0.4 is 5.73 Å². The molecule has 1 amide bonds. The van der Waals surface area contributed by atoms with E-state index >= 15 is 0 Å². The Morgan fingerprint density at radius 3 is 2.88 bits per heavy atom. The Morgan fingerprint density at radius 2 is 2.35 bits per heavy atom. The van der Waals surface area contributed by atoms with Crippen LogP contribution in [0.3, 0.4) is 0 Å². The summed E-state index contributed by atoms with van der Waals surface area (Å²) < 4.78 is 1.70. The van der Waals surface area contributed by atoms with Gasteiger partial charge in [-0.3, -0.25) is 4.79 Å². The van der Waals surface area contributed by atoms with Crippen molar-refractivity contribution in [2.75, 3.05) is 0 Å². The summed E-state index contributed by atoms with van der Waals surface area (Å²) in [4.78, 5) is 11.2. The van der Waals surface area contributed by atoms with E-state index in [0.29, 0.717) is 18.9 Å². The Bertz CT molecular complexity index is 410. The number of aromatic nitrogens is 3. The van der Waals surface area contributed by atoms with Crippen molar-refractivity contribution in [3.8, 4) is 0 Å². The Balaban J connectivity index is 2.14. The maximum Gasteiger partial charge on any atom is 0.271 e. The highest BCUT2D eigenvalue weighted by Gasteiger charge is 2.27. The summed E-state index contributed by atoms with van der Waals surface area (Å²) in [6.45, 7) is 2.30. The van der Waals surface area contributed by atoms with Crippen molar-refractivity contribution in [2.24, 2.45) is 11.7 Å². The average Bonchev–Trinajstić information content (AvgIpc) is 2.95. The molecule has 1 heterocycles. The number of aryl methyl sites for hydroxylation is 1. The van der Waals surface area contributed by atoms with E-state index in [4.69, 9.17) is 5.73 Å². The number of nitrogens with zero attached hydrogens (tertiary/aromatic N) is 3. The van der Waals surface area contributed by atoms with Crippen LogP contribution in [-0.2, 0) is 13.0 Å². The fraction of sp³-hybridized carbons (Fsp3) is 0.727. The number of primary amides is 1. The molecule has 0 radical (unpaired) electrons. The predicted molar refractivity (Wildman–Crippen MR) is 61.3 cm³/mol. The summed E-state index contributed by atoms with van der Waals surface area (Å²) in [6, 6.07) is 0. The van der Waals surface area contributed by atoms with Crippen molar-refractivity contribution in [3.05, 3.63) is 11.4 Å². The van der Waals surface area contributed by atoms with Gasteiger partial charge in [-0.05, 0) is 38.5 Å². The van der Waals surface area contributed by atoms with Crippen molar-refractivity contribution in [2.45, 2.75) is 45.3 Å².